The zero-order valence-electron chi connectivity index (χ0n) is 16.1. The van der Waals surface area contributed by atoms with Crippen molar-refractivity contribution in [2.75, 3.05) is 5.75 Å². The fraction of sp³-hybridized carbons (Fsp3) is 0.286. The number of nitrogens with one attached hydrogen (secondary N) is 1. The Morgan fingerprint density at radius 1 is 1.07 bits per heavy atom. The van der Waals surface area contributed by atoms with Gasteiger partial charge in [0, 0.05) is 22.3 Å². The van der Waals surface area contributed by atoms with Gasteiger partial charge in [-0.25, -0.2) is 0 Å². The van der Waals surface area contributed by atoms with Crippen molar-refractivity contribution in [1.29, 1.82) is 0 Å². The summed E-state index contributed by atoms with van der Waals surface area (Å²) in [7, 11) is 0. The molecule has 1 heterocycles. The van der Waals surface area contributed by atoms with Crippen LogP contribution in [0, 0.1) is 5.92 Å². The lowest BCUT2D eigenvalue weighted by molar-refractivity contribution is -0.119. The van der Waals surface area contributed by atoms with E-state index in [-0.39, 0.29) is 17.7 Å². The van der Waals surface area contributed by atoms with Crippen molar-refractivity contribution in [2.45, 2.75) is 32.0 Å². The van der Waals surface area contributed by atoms with Gasteiger partial charge in [0.2, 0.25) is 5.91 Å². The minimum Gasteiger partial charge on any atom is -0.353 e. The second-order valence-electron chi connectivity index (χ2n) is 6.87. The summed E-state index contributed by atoms with van der Waals surface area (Å²) in [4.78, 5) is 12.3. The molecule has 7 heteroatoms. The molecule has 146 valence electrons. The second kappa shape index (κ2) is 9.26. The van der Waals surface area contributed by atoms with E-state index >= 15 is 0 Å². The molecule has 1 amide bonds. The third-order valence-electron chi connectivity index (χ3n) is 4.47. The maximum absolute atomic E-state index is 12.3. The number of hydrogen-bond donors (Lipinski definition) is 1. The van der Waals surface area contributed by atoms with E-state index in [1.165, 1.54) is 11.8 Å². The van der Waals surface area contributed by atoms with Gasteiger partial charge in [0.25, 0.3) is 0 Å². The third-order valence-corrected chi connectivity index (χ3v) is 5.65. The van der Waals surface area contributed by atoms with Gasteiger partial charge in [-0.05, 0) is 37.1 Å². The quantitative estimate of drug-likeness (QED) is 0.562. The first-order valence-electron chi connectivity index (χ1n) is 9.14. The van der Waals surface area contributed by atoms with E-state index in [4.69, 9.17) is 11.6 Å². The highest BCUT2D eigenvalue weighted by molar-refractivity contribution is 7.99. The molecule has 0 aliphatic heterocycles. The van der Waals surface area contributed by atoms with Gasteiger partial charge in [0.1, 0.15) is 0 Å². The van der Waals surface area contributed by atoms with E-state index in [0.29, 0.717) is 16.1 Å². The molecule has 0 saturated heterocycles. The van der Waals surface area contributed by atoms with Gasteiger partial charge >= 0.3 is 0 Å². The minimum atomic E-state index is -0.0156. The van der Waals surface area contributed by atoms with E-state index in [1.807, 2.05) is 66.1 Å². The number of carbonyl (C=O) groups is 1. The average molecular weight is 415 g/mol. The molecule has 0 saturated carbocycles. The van der Waals surface area contributed by atoms with Crippen LogP contribution in [0.15, 0.2) is 59.8 Å². The first-order chi connectivity index (χ1) is 13.5. The van der Waals surface area contributed by atoms with E-state index in [0.717, 1.165) is 17.1 Å². The number of aromatic nitrogens is 3. The Balaban J connectivity index is 1.88. The molecule has 0 fully saturated rings. The highest BCUT2D eigenvalue weighted by atomic mass is 35.5. The first kappa shape index (κ1) is 20.4. The van der Waals surface area contributed by atoms with Crippen LogP contribution in [0.3, 0.4) is 0 Å². The normalized spacial score (nSPS) is 12.2. The Bertz CT molecular complexity index is 925. The molecule has 0 radical (unpaired) electrons. The number of amides is 1. The van der Waals surface area contributed by atoms with Crippen molar-refractivity contribution in [2.24, 2.45) is 5.92 Å². The maximum atomic E-state index is 12.3. The average Bonchev–Trinajstić information content (AvgIpc) is 3.11. The minimum absolute atomic E-state index is 0.0156. The molecule has 1 N–H and O–H groups in total. The summed E-state index contributed by atoms with van der Waals surface area (Å²) >= 11 is 7.42. The third kappa shape index (κ3) is 4.94. The van der Waals surface area contributed by atoms with Crippen molar-refractivity contribution < 1.29 is 4.79 Å². The van der Waals surface area contributed by atoms with Crippen LogP contribution in [0.2, 0.25) is 5.02 Å². The molecule has 0 aliphatic carbocycles. The molecule has 1 atom stereocenters. The molecule has 5 nitrogen and oxygen atoms in total. The maximum Gasteiger partial charge on any atom is 0.230 e. The van der Waals surface area contributed by atoms with E-state index in [9.17, 15) is 4.79 Å². The second-order valence-corrected chi connectivity index (χ2v) is 8.25. The summed E-state index contributed by atoms with van der Waals surface area (Å²) in [6.45, 7) is 6.18. The molecule has 2 aromatic carbocycles. The summed E-state index contributed by atoms with van der Waals surface area (Å²) in [6.07, 6.45) is 0. The fourth-order valence-electron chi connectivity index (χ4n) is 2.55. The van der Waals surface area contributed by atoms with Crippen LogP contribution in [-0.4, -0.2) is 32.5 Å². The molecule has 1 unspecified atom stereocenters. The zero-order valence-corrected chi connectivity index (χ0v) is 17.7. The van der Waals surface area contributed by atoms with Gasteiger partial charge in [-0.2, -0.15) is 0 Å². The SMILES string of the molecule is CC(C)C(C)NC(=O)CSc1nnc(-c2ccccc2)n1-c1ccc(Cl)cc1. The van der Waals surface area contributed by atoms with Gasteiger partial charge in [-0.1, -0.05) is 67.5 Å². The van der Waals surface area contributed by atoms with Crippen molar-refractivity contribution >= 4 is 29.3 Å². The number of carbonyl (C=O) groups excluding carboxylic acids is 1. The fourth-order valence-corrected chi connectivity index (χ4v) is 3.44. The van der Waals surface area contributed by atoms with Crippen molar-refractivity contribution in [3.8, 4) is 17.1 Å². The predicted octanol–water partition coefficient (Wildman–Crippen LogP) is 4.84. The number of nitrogens with zero attached hydrogens (tertiary/aromatic N) is 3. The smallest absolute Gasteiger partial charge is 0.230 e. The summed E-state index contributed by atoms with van der Waals surface area (Å²) in [6, 6.07) is 17.5. The van der Waals surface area contributed by atoms with Crippen LogP contribution in [-0.2, 0) is 4.79 Å². The van der Waals surface area contributed by atoms with Gasteiger partial charge in [-0.3, -0.25) is 9.36 Å². The van der Waals surface area contributed by atoms with Crippen molar-refractivity contribution in [1.82, 2.24) is 20.1 Å². The van der Waals surface area contributed by atoms with Crippen LogP contribution >= 0.6 is 23.4 Å². The Morgan fingerprint density at radius 2 is 1.75 bits per heavy atom. The number of hydrogen-bond acceptors (Lipinski definition) is 4. The van der Waals surface area contributed by atoms with Crippen LogP contribution in [0.4, 0.5) is 0 Å². The molecule has 0 aliphatic rings. The van der Waals surface area contributed by atoms with Crippen LogP contribution in [0.25, 0.3) is 17.1 Å². The zero-order chi connectivity index (χ0) is 20.1. The Hall–Kier alpha value is -2.31. The topological polar surface area (TPSA) is 59.8 Å². The standard InChI is InChI=1S/C21H23ClN4OS/c1-14(2)15(3)23-19(27)13-28-21-25-24-20(16-7-5-4-6-8-16)26(21)18-11-9-17(22)10-12-18/h4-12,14-15H,13H2,1-3H3,(H,23,27). The molecule has 3 aromatic rings. The molecule has 0 spiro atoms. The summed E-state index contributed by atoms with van der Waals surface area (Å²) in [5, 5.41) is 13.1. The van der Waals surface area contributed by atoms with Crippen LogP contribution in [0.1, 0.15) is 20.8 Å². The van der Waals surface area contributed by atoms with Crippen LogP contribution in [0.5, 0.6) is 0 Å². The Kier molecular flexibility index (Phi) is 6.75. The lowest BCUT2D eigenvalue weighted by Gasteiger charge is -2.17. The van der Waals surface area contributed by atoms with Gasteiger partial charge in [-0.15, -0.1) is 10.2 Å². The highest BCUT2D eigenvalue weighted by Gasteiger charge is 2.18. The molecule has 0 bridgehead atoms. The van der Waals surface area contributed by atoms with Crippen molar-refractivity contribution in [3.63, 3.8) is 0 Å². The summed E-state index contributed by atoms with van der Waals surface area (Å²) < 4.78 is 1.95. The lowest BCUT2D eigenvalue weighted by atomic mass is 10.1. The largest absolute Gasteiger partial charge is 0.353 e. The van der Waals surface area contributed by atoms with Crippen molar-refractivity contribution in [3.05, 3.63) is 59.6 Å². The van der Waals surface area contributed by atoms with Crippen LogP contribution < -0.4 is 5.32 Å². The van der Waals surface area contributed by atoms with Gasteiger partial charge in [0.05, 0.1) is 5.75 Å². The Morgan fingerprint density at radius 3 is 2.39 bits per heavy atom. The highest BCUT2D eigenvalue weighted by Crippen LogP contribution is 2.28. The monoisotopic (exact) mass is 414 g/mol. The molecular weight excluding hydrogens is 392 g/mol. The first-order valence-corrected chi connectivity index (χ1v) is 10.5. The number of thioether (sulfide) groups is 1. The van der Waals surface area contributed by atoms with E-state index in [2.05, 4.69) is 29.4 Å². The number of halogens is 1. The van der Waals surface area contributed by atoms with E-state index < -0.39 is 0 Å². The Labute approximate surface area is 174 Å². The van der Waals surface area contributed by atoms with Gasteiger partial charge < -0.3 is 5.32 Å². The molecule has 3 rings (SSSR count). The van der Waals surface area contributed by atoms with Gasteiger partial charge in [0.15, 0.2) is 11.0 Å². The lowest BCUT2D eigenvalue weighted by Crippen LogP contribution is -2.37. The number of benzene rings is 2. The predicted molar refractivity (Wildman–Crippen MR) is 115 cm³/mol. The van der Waals surface area contributed by atoms with E-state index in [1.54, 1.807) is 0 Å². The summed E-state index contributed by atoms with van der Waals surface area (Å²) in [5.74, 6) is 1.37. The molecule has 1 aromatic heterocycles. The molecule has 28 heavy (non-hydrogen) atoms. The molecular formula is C21H23ClN4OS. The number of rotatable bonds is 7. The summed E-state index contributed by atoms with van der Waals surface area (Å²) in [5.41, 5.74) is 1.85.